The third-order valence-electron chi connectivity index (χ3n) is 7.69. The molecule has 2 aliphatic heterocycles. The summed E-state index contributed by atoms with van der Waals surface area (Å²) < 4.78 is 0. The van der Waals surface area contributed by atoms with E-state index in [1.807, 2.05) is 6.07 Å². The molecule has 8 nitrogen and oxygen atoms in total. The van der Waals surface area contributed by atoms with Gasteiger partial charge in [-0.05, 0) is 49.1 Å². The van der Waals surface area contributed by atoms with Crippen LogP contribution in [-0.2, 0) is 4.79 Å². The van der Waals surface area contributed by atoms with Crippen molar-refractivity contribution < 1.29 is 24.9 Å². The van der Waals surface area contributed by atoms with E-state index in [0.717, 1.165) is 50.6 Å². The van der Waals surface area contributed by atoms with E-state index < -0.39 is 24.5 Å². The summed E-state index contributed by atoms with van der Waals surface area (Å²) in [6, 6.07) is 5.90. The number of carbonyl (C=O) groups is 2. The summed E-state index contributed by atoms with van der Waals surface area (Å²) in [5.74, 6) is -0.496. The van der Waals surface area contributed by atoms with Crippen molar-refractivity contribution in [3.63, 3.8) is 0 Å². The van der Waals surface area contributed by atoms with Gasteiger partial charge >= 0.3 is 0 Å². The monoisotopic (exact) mass is 461 g/mol. The fourth-order valence-corrected chi connectivity index (χ4v) is 5.66. The van der Waals surface area contributed by atoms with Crippen molar-refractivity contribution in [2.45, 2.75) is 76.5 Å². The Balaban J connectivity index is 1.68. The summed E-state index contributed by atoms with van der Waals surface area (Å²) in [7, 11) is 0. The van der Waals surface area contributed by atoms with Crippen LogP contribution < -0.4 is 5.73 Å². The Morgan fingerprint density at radius 1 is 1.18 bits per heavy atom. The molecule has 2 heterocycles. The second-order valence-electron chi connectivity index (χ2n) is 9.56. The zero-order valence-electron chi connectivity index (χ0n) is 19.8. The fourth-order valence-electron chi connectivity index (χ4n) is 5.66. The minimum absolute atomic E-state index is 0.00258. The van der Waals surface area contributed by atoms with Crippen LogP contribution in [0.4, 0.5) is 0 Å². The number of nitrogens with two attached hydrogens (primary N) is 1. The maximum atomic E-state index is 12.7. The minimum atomic E-state index is -1.37. The van der Waals surface area contributed by atoms with Crippen molar-refractivity contribution in [3.05, 3.63) is 29.3 Å². The van der Waals surface area contributed by atoms with Crippen LogP contribution in [0, 0.1) is 5.92 Å². The van der Waals surface area contributed by atoms with Crippen molar-refractivity contribution in [2.75, 3.05) is 26.2 Å². The molecule has 2 saturated heterocycles. The third kappa shape index (κ3) is 5.67. The SMILES string of the molecule is CCC(CC)CN(CCN1C2CCC1CC(c1cccc(C(N)=O)c1O)C2)C(=O)[C@@H](O)CO. The lowest BCUT2D eigenvalue weighted by Crippen LogP contribution is -2.50. The molecule has 2 amide bonds. The first kappa shape index (κ1) is 25.5. The summed E-state index contributed by atoms with van der Waals surface area (Å²) >= 11 is 0. The summed E-state index contributed by atoms with van der Waals surface area (Å²) in [6.07, 6.45) is 4.44. The number of hydrogen-bond acceptors (Lipinski definition) is 6. The highest BCUT2D eigenvalue weighted by molar-refractivity contribution is 5.96. The number of hydrogen-bond donors (Lipinski definition) is 4. The van der Waals surface area contributed by atoms with Crippen molar-refractivity contribution in [3.8, 4) is 5.75 Å². The Hall–Kier alpha value is -2.16. The van der Waals surface area contributed by atoms with Gasteiger partial charge in [-0.2, -0.15) is 0 Å². The average Bonchev–Trinajstić information content (AvgIpc) is 3.05. The lowest BCUT2D eigenvalue weighted by Gasteiger charge is -2.40. The molecule has 2 fully saturated rings. The average molecular weight is 462 g/mol. The number of carbonyl (C=O) groups excluding carboxylic acids is 2. The van der Waals surface area contributed by atoms with Gasteiger partial charge in [0.05, 0.1) is 12.2 Å². The van der Waals surface area contributed by atoms with E-state index in [4.69, 9.17) is 5.73 Å². The van der Waals surface area contributed by atoms with Crippen molar-refractivity contribution in [2.24, 2.45) is 11.7 Å². The van der Waals surface area contributed by atoms with E-state index in [1.165, 1.54) is 0 Å². The molecule has 8 heteroatoms. The molecule has 0 saturated carbocycles. The summed E-state index contributed by atoms with van der Waals surface area (Å²) in [4.78, 5) is 28.5. The number of primary amides is 1. The Kier molecular flexibility index (Phi) is 8.73. The molecule has 2 bridgehead atoms. The van der Waals surface area contributed by atoms with E-state index in [0.29, 0.717) is 31.1 Å². The Morgan fingerprint density at radius 2 is 1.82 bits per heavy atom. The zero-order chi connectivity index (χ0) is 24.1. The number of rotatable bonds is 11. The van der Waals surface area contributed by atoms with Gasteiger partial charge in [-0.15, -0.1) is 0 Å². The molecule has 0 aliphatic carbocycles. The summed E-state index contributed by atoms with van der Waals surface area (Å²) in [6.45, 7) is 5.47. The molecular formula is C25H39N3O5. The van der Waals surface area contributed by atoms with E-state index in [1.54, 1.807) is 17.0 Å². The van der Waals surface area contributed by atoms with Gasteiger partial charge in [0.25, 0.3) is 11.8 Å². The standard InChI is InChI=1S/C25H39N3O5/c1-3-16(4-2)14-27(25(33)22(30)15-29)10-11-28-18-8-9-19(28)13-17(12-18)20-6-5-7-21(23(20)31)24(26)32/h5-7,16-19,22,29-31H,3-4,8-15H2,1-2H3,(H2,26,32)/t17?,18?,19?,22-/m0/s1. The van der Waals surface area contributed by atoms with Gasteiger partial charge in [-0.1, -0.05) is 38.8 Å². The van der Waals surface area contributed by atoms with Gasteiger partial charge in [0, 0.05) is 31.7 Å². The third-order valence-corrected chi connectivity index (χ3v) is 7.69. The quantitative estimate of drug-likeness (QED) is 0.398. The zero-order valence-corrected chi connectivity index (χ0v) is 19.8. The van der Waals surface area contributed by atoms with Crippen LogP contribution in [0.5, 0.6) is 5.75 Å². The smallest absolute Gasteiger partial charge is 0.253 e. The number of fused-ring (bicyclic) bond motifs is 2. The number of para-hydroxylation sites is 1. The Labute approximate surface area is 196 Å². The largest absolute Gasteiger partial charge is 0.507 e. The second kappa shape index (κ2) is 11.3. The van der Waals surface area contributed by atoms with E-state index >= 15 is 0 Å². The van der Waals surface area contributed by atoms with Crippen LogP contribution in [-0.4, -0.2) is 81.4 Å². The number of aromatic hydroxyl groups is 1. The van der Waals surface area contributed by atoms with Gasteiger partial charge < -0.3 is 26.0 Å². The van der Waals surface area contributed by atoms with E-state index in [-0.39, 0.29) is 17.2 Å². The molecule has 1 aromatic carbocycles. The maximum absolute atomic E-state index is 12.7. The van der Waals surface area contributed by atoms with Gasteiger partial charge in [-0.3, -0.25) is 14.5 Å². The Bertz CT molecular complexity index is 814. The van der Waals surface area contributed by atoms with Gasteiger partial charge in [-0.25, -0.2) is 0 Å². The van der Waals surface area contributed by atoms with Crippen LogP contribution in [0.3, 0.4) is 0 Å². The van der Waals surface area contributed by atoms with Gasteiger partial charge in [0.15, 0.2) is 6.10 Å². The normalized spacial score (nSPS) is 23.6. The number of benzene rings is 1. The minimum Gasteiger partial charge on any atom is -0.507 e. The first-order chi connectivity index (χ1) is 15.8. The van der Waals surface area contributed by atoms with Gasteiger partial charge in [0.2, 0.25) is 0 Å². The first-order valence-corrected chi connectivity index (χ1v) is 12.3. The Morgan fingerprint density at radius 3 is 2.36 bits per heavy atom. The molecule has 2 aliphatic rings. The van der Waals surface area contributed by atoms with Crippen molar-refractivity contribution >= 4 is 11.8 Å². The first-order valence-electron chi connectivity index (χ1n) is 12.3. The number of amides is 2. The predicted octanol–water partition coefficient (Wildman–Crippen LogP) is 1.82. The molecule has 0 radical (unpaired) electrons. The van der Waals surface area contributed by atoms with Crippen LogP contribution >= 0.6 is 0 Å². The predicted molar refractivity (Wildman–Crippen MR) is 126 cm³/mol. The molecule has 1 aromatic rings. The maximum Gasteiger partial charge on any atom is 0.253 e. The van der Waals surface area contributed by atoms with Crippen LogP contribution in [0.25, 0.3) is 0 Å². The number of nitrogens with zero attached hydrogens (tertiary/aromatic N) is 2. The van der Waals surface area contributed by atoms with Crippen LogP contribution in [0.1, 0.15) is 74.2 Å². The van der Waals surface area contributed by atoms with E-state index in [2.05, 4.69) is 18.7 Å². The second-order valence-corrected chi connectivity index (χ2v) is 9.56. The molecule has 5 N–H and O–H groups in total. The number of aliphatic hydroxyl groups is 2. The molecule has 3 atom stereocenters. The molecule has 3 rings (SSSR count). The molecule has 33 heavy (non-hydrogen) atoms. The van der Waals surface area contributed by atoms with E-state index in [9.17, 15) is 24.9 Å². The highest BCUT2D eigenvalue weighted by Gasteiger charge is 2.42. The molecule has 184 valence electrons. The number of aliphatic hydroxyl groups excluding tert-OH is 2. The molecule has 0 spiro atoms. The summed E-state index contributed by atoms with van der Waals surface area (Å²) in [5, 5.41) is 29.8. The summed E-state index contributed by atoms with van der Waals surface area (Å²) in [5.41, 5.74) is 6.37. The molecule has 2 unspecified atom stereocenters. The fraction of sp³-hybridized carbons (Fsp3) is 0.680. The lowest BCUT2D eigenvalue weighted by atomic mass is 9.83. The number of piperidine rings is 1. The van der Waals surface area contributed by atoms with Crippen LogP contribution in [0.2, 0.25) is 0 Å². The van der Waals surface area contributed by atoms with Crippen molar-refractivity contribution in [1.29, 1.82) is 0 Å². The van der Waals surface area contributed by atoms with Crippen LogP contribution in [0.15, 0.2) is 18.2 Å². The number of phenols is 1. The highest BCUT2D eigenvalue weighted by Crippen LogP contribution is 2.45. The molecule has 0 aromatic heterocycles. The highest BCUT2D eigenvalue weighted by atomic mass is 16.3. The van der Waals surface area contributed by atoms with Gasteiger partial charge in [0.1, 0.15) is 5.75 Å². The van der Waals surface area contributed by atoms with Crippen molar-refractivity contribution in [1.82, 2.24) is 9.80 Å². The lowest BCUT2D eigenvalue weighted by molar-refractivity contribution is -0.143. The topological polar surface area (TPSA) is 127 Å². The molecular weight excluding hydrogens is 422 g/mol.